The Bertz CT molecular complexity index is 264. The number of hydrogen-bond acceptors (Lipinski definition) is 5. The Kier molecular flexibility index (Phi) is 5.59. The molecule has 0 aliphatic carbocycles. The molecule has 0 radical (unpaired) electrons. The Morgan fingerprint density at radius 3 is 2.68 bits per heavy atom. The van der Waals surface area contributed by atoms with Crippen LogP contribution in [0.4, 0.5) is 0 Å². The lowest BCUT2D eigenvalue weighted by Gasteiger charge is -2.44. The van der Waals surface area contributed by atoms with Gasteiger partial charge in [0.1, 0.15) is 0 Å². The van der Waals surface area contributed by atoms with E-state index in [4.69, 9.17) is 9.47 Å². The average Bonchev–Trinajstić information content (AvgIpc) is 2.39. The monoisotopic (exact) mass is 272 g/mol. The molecule has 0 amide bonds. The summed E-state index contributed by atoms with van der Waals surface area (Å²) in [6.45, 7) is 7.84. The summed E-state index contributed by atoms with van der Waals surface area (Å²) in [5, 5.41) is 12.7. The van der Waals surface area contributed by atoms with Gasteiger partial charge in [-0.15, -0.1) is 0 Å². The molecule has 0 bridgehead atoms. The topological polar surface area (TPSA) is 54.0 Å². The lowest BCUT2D eigenvalue weighted by atomic mass is 9.79. The van der Waals surface area contributed by atoms with Crippen molar-refractivity contribution in [3.63, 3.8) is 0 Å². The minimum atomic E-state index is -0.0322. The molecule has 2 unspecified atom stereocenters. The predicted molar refractivity (Wildman–Crippen MR) is 74.3 cm³/mol. The molecule has 0 spiro atoms. The van der Waals surface area contributed by atoms with Gasteiger partial charge in [-0.3, -0.25) is 4.90 Å². The average molecular weight is 272 g/mol. The number of morpholine rings is 1. The van der Waals surface area contributed by atoms with E-state index in [9.17, 15) is 5.11 Å². The smallest absolute Gasteiger partial charge is 0.0936 e. The highest BCUT2D eigenvalue weighted by molar-refractivity contribution is 4.89. The third kappa shape index (κ3) is 4.13. The Morgan fingerprint density at radius 2 is 2.05 bits per heavy atom. The van der Waals surface area contributed by atoms with Crippen molar-refractivity contribution in [2.45, 2.75) is 32.0 Å². The van der Waals surface area contributed by atoms with Crippen LogP contribution in [-0.2, 0) is 9.47 Å². The van der Waals surface area contributed by atoms with Crippen molar-refractivity contribution in [3.05, 3.63) is 0 Å². The normalized spacial score (nSPS) is 32.4. The van der Waals surface area contributed by atoms with Crippen LogP contribution < -0.4 is 5.32 Å². The van der Waals surface area contributed by atoms with E-state index in [-0.39, 0.29) is 18.8 Å². The van der Waals surface area contributed by atoms with Gasteiger partial charge in [-0.05, 0) is 32.2 Å². The summed E-state index contributed by atoms with van der Waals surface area (Å²) in [6.07, 6.45) is 2.40. The molecule has 2 fully saturated rings. The molecule has 5 heteroatoms. The highest BCUT2D eigenvalue weighted by atomic mass is 16.5. The first-order chi connectivity index (χ1) is 9.17. The number of hydrogen-bond donors (Lipinski definition) is 2. The Balaban J connectivity index is 1.95. The maximum Gasteiger partial charge on any atom is 0.0936 e. The second-order valence-corrected chi connectivity index (χ2v) is 6.09. The van der Waals surface area contributed by atoms with Crippen molar-refractivity contribution in [1.29, 1.82) is 0 Å². The van der Waals surface area contributed by atoms with E-state index in [0.717, 1.165) is 52.2 Å². The van der Waals surface area contributed by atoms with E-state index in [0.29, 0.717) is 5.41 Å². The molecule has 2 atom stereocenters. The van der Waals surface area contributed by atoms with E-state index < -0.39 is 0 Å². The van der Waals surface area contributed by atoms with Crippen molar-refractivity contribution >= 4 is 0 Å². The molecule has 0 aromatic rings. The molecular formula is C14H28N2O3. The zero-order valence-corrected chi connectivity index (χ0v) is 12.2. The van der Waals surface area contributed by atoms with Crippen LogP contribution in [0.2, 0.25) is 0 Å². The molecule has 2 rings (SSSR count). The summed E-state index contributed by atoms with van der Waals surface area (Å²) in [5.74, 6) is 0. The van der Waals surface area contributed by atoms with Crippen LogP contribution in [0.25, 0.3) is 0 Å². The van der Waals surface area contributed by atoms with Gasteiger partial charge in [0, 0.05) is 39.4 Å². The minimum Gasteiger partial charge on any atom is -0.394 e. The quantitative estimate of drug-likeness (QED) is 0.742. The lowest BCUT2D eigenvalue weighted by molar-refractivity contribution is -0.109. The largest absolute Gasteiger partial charge is 0.394 e. The first-order valence-electron chi connectivity index (χ1n) is 7.38. The van der Waals surface area contributed by atoms with Crippen LogP contribution >= 0.6 is 0 Å². The number of ether oxygens (including phenoxy) is 2. The first kappa shape index (κ1) is 15.2. The SMILES string of the molecule is CNCC1(CN2CC(C)OC(CO)C2)CCOCC1. The van der Waals surface area contributed by atoms with Gasteiger partial charge < -0.3 is 19.9 Å². The molecule has 0 aromatic carbocycles. The van der Waals surface area contributed by atoms with Crippen molar-refractivity contribution < 1.29 is 14.6 Å². The molecule has 2 heterocycles. The number of aliphatic hydroxyl groups excluding tert-OH is 1. The fourth-order valence-electron chi connectivity index (χ4n) is 3.42. The summed E-state index contributed by atoms with van der Waals surface area (Å²) in [4.78, 5) is 2.46. The van der Waals surface area contributed by atoms with E-state index in [1.807, 2.05) is 7.05 Å². The summed E-state index contributed by atoms with van der Waals surface area (Å²) in [6, 6.07) is 0. The van der Waals surface area contributed by atoms with Crippen LogP contribution in [0.5, 0.6) is 0 Å². The second kappa shape index (κ2) is 6.99. The van der Waals surface area contributed by atoms with Crippen molar-refractivity contribution in [3.8, 4) is 0 Å². The highest BCUT2D eigenvalue weighted by Crippen LogP contribution is 2.31. The van der Waals surface area contributed by atoms with Gasteiger partial charge in [0.15, 0.2) is 0 Å². The first-order valence-corrected chi connectivity index (χ1v) is 7.38. The van der Waals surface area contributed by atoms with Gasteiger partial charge in [-0.1, -0.05) is 0 Å². The maximum atomic E-state index is 9.32. The van der Waals surface area contributed by atoms with Crippen LogP contribution in [-0.4, -0.2) is 75.3 Å². The standard InChI is InChI=1S/C14H28N2O3/c1-12-7-16(8-13(9-17)19-12)11-14(10-15-2)3-5-18-6-4-14/h12-13,15,17H,3-11H2,1-2H3. The third-order valence-corrected chi connectivity index (χ3v) is 4.27. The van der Waals surface area contributed by atoms with E-state index >= 15 is 0 Å². The molecule has 2 saturated heterocycles. The molecule has 2 N–H and O–H groups in total. The van der Waals surface area contributed by atoms with E-state index in [1.165, 1.54) is 0 Å². The fraction of sp³-hybridized carbons (Fsp3) is 1.00. The van der Waals surface area contributed by atoms with Crippen molar-refractivity contribution in [2.75, 3.05) is 53.0 Å². The molecule has 2 aliphatic rings. The Hall–Kier alpha value is -0.200. The summed E-state index contributed by atoms with van der Waals surface area (Å²) >= 11 is 0. The van der Waals surface area contributed by atoms with Gasteiger partial charge in [0.25, 0.3) is 0 Å². The highest BCUT2D eigenvalue weighted by Gasteiger charge is 2.36. The van der Waals surface area contributed by atoms with Gasteiger partial charge in [0.2, 0.25) is 0 Å². The summed E-state index contributed by atoms with van der Waals surface area (Å²) in [5.41, 5.74) is 0.310. The van der Waals surface area contributed by atoms with Crippen LogP contribution in [0, 0.1) is 5.41 Å². The zero-order chi connectivity index (χ0) is 13.7. The molecular weight excluding hydrogens is 244 g/mol. The van der Waals surface area contributed by atoms with Gasteiger partial charge >= 0.3 is 0 Å². The molecule has 5 nitrogen and oxygen atoms in total. The fourth-order valence-corrected chi connectivity index (χ4v) is 3.42. The Morgan fingerprint density at radius 1 is 1.32 bits per heavy atom. The predicted octanol–water partition coefficient (Wildman–Crippen LogP) is 0.0842. The molecule has 0 saturated carbocycles. The van der Waals surface area contributed by atoms with E-state index in [1.54, 1.807) is 0 Å². The zero-order valence-electron chi connectivity index (χ0n) is 12.2. The molecule has 19 heavy (non-hydrogen) atoms. The maximum absolute atomic E-state index is 9.32. The van der Waals surface area contributed by atoms with E-state index in [2.05, 4.69) is 17.1 Å². The van der Waals surface area contributed by atoms with Crippen LogP contribution in [0.3, 0.4) is 0 Å². The molecule has 0 aromatic heterocycles. The summed E-state index contributed by atoms with van der Waals surface area (Å²) < 4.78 is 11.2. The number of nitrogens with zero attached hydrogens (tertiary/aromatic N) is 1. The van der Waals surface area contributed by atoms with Crippen molar-refractivity contribution in [2.24, 2.45) is 5.41 Å². The Labute approximate surface area is 116 Å². The van der Waals surface area contributed by atoms with Crippen molar-refractivity contribution in [1.82, 2.24) is 10.2 Å². The molecule has 2 aliphatic heterocycles. The summed E-state index contributed by atoms with van der Waals surface area (Å²) in [7, 11) is 2.02. The third-order valence-electron chi connectivity index (χ3n) is 4.27. The second-order valence-electron chi connectivity index (χ2n) is 6.09. The molecule has 112 valence electrons. The van der Waals surface area contributed by atoms with Gasteiger partial charge in [-0.2, -0.15) is 0 Å². The van der Waals surface area contributed by atoms with Crippen LogP contribution in [0.15, 0.2) is 0 Å². The number of aliphatic hydroxyl groups is 1. The van der Waals surface area contributed by atoms with Gasteiger partial charge in [0.05, 0.1) is 18.8 Å². The van der Waals surface area contributed by atoms with Gasteiger partial charge in [-0.25, -0.2) is 0 Å². The minimum absolute atomic E-state index is 0.0322. The number of rotatable bonds is 5. The van der Waals surface area contributed by atoms with Crippen LogP contribution in [0.1, 0.15) is 19.8 Å². The number of nitrogens with one attached hydrogen (secondary N) is 1. The lowest BCUT2D eigenvalue weighted by Crippen LogP contribution is -2.54.